The molecule has 0 atom stereocenters. The molecule has 0 N–H and O–H groups in total. The molecule has 0 bridgehead atoms. The van der Waals surface area contributed by atoms with Crippen LogP contribution in [0.5, 0.6) is 0 Å². The first-order chi connectivity index (χ1) is 8.19. The van der Waals surface area contributed by atoms with Crippen LogP contribution in [0.3, 0.4) is 0 Å². The van der Waals surface area contributed by atoms with Gasteiger partial charge in [0.2, 0.25) is 0 Å². The van der Waals surface area contributed by atoms with E-state index >= 15 is 0 Å². The molecule has 0 saturated carbocycles. The van der Waals surface area contributed by atoms with Gasteiger partial charge in [0.25, 0.3) is 0 Å². The summed E-state index contributed by atoms with van der Waals surface area (Å²) >= 11 is 0. The number of esters is 1. The summed E-state index contributed by atoms with van der Waals surface area (Å²) in [7, 11) is 1.35. The summed E-state index contributed by atoms with van der Waals surface area (Å²) in [5.74, 6) is -0.342. The van der Waals surface area contributed by atoms with Gasteiger partial charge in [0.05, 0.1) is 13.3 Å². The van der Waals surface area contributed by atoms with Crippen molar-refractivity contribution in [3.8, 4) is 11.3 Å². The quantitative estimate of drug-likeness (QED) is 0.750. The molecule has 0 spiro atoms. The molecule has 0 aliphatic rings. The Morgan fingerprint density at radius 3 is 2.71 bits per heavy atom. The Labute approximate surface area is 99.0 Å². The first kappa shape index (κ1) is 11.3. The average Bonchev–Trinajstić information content (AvgIpc) is 2.78. The van der Waals surface area contributed by atoms with Crippen molar-refractivity contribution in [3.63, 3.8) is 0 Å². The van der Waals surface area contributed by atoms with E-state index in [1.165, 1.54) is 17.4 Å². The van der Waals surface area contributed by atoms with E-state index in [2.05, 4.69) is 15.0 Å². The fourth-order valence-corrected chi connectivity index (χ4v) is 1.43. The van der Waals surface area contributed by atoms with E-state index in [4.69, 9.17) is 0 Å². The molecular weight excluding hydrogens is 218 g/mol. The summed E-state index contributed by atoms with van der Waals surface area (Å²) in [5.41, 5.74) is 2.91. The zero-order valence-electron chi connectivity index (χ0n) is 9.75. The van der Waals surface area contributed by atoms with E-state index < -0.39 is 0 Å². The van der Waals surface area contributed by atoms with Crippen molar-refractivity contribution in [1.29, 1.82) is 0 Å². The van der Waals surface area contributed by atoms with E-state index in [0.717, 1.165) is 11.3 Å². The van der Waals surface area contributed by atoms with Crippen molar-refractivity contribution in [2.75, 3.05) is 7.11 Å². The van der Waals surface area contributed by atoms with Crippen LogP contribution in [0.4, 0.5) is 0 Å². The number of carbonyl (C=O) groups excluding carboxylic acids is 1. The fraction of sp³-hybridized carbons (Fsp3) is 0.250. The summed E-state index contributed by atoms with van der Waals surface area (Å²) in [6.45, 7) is 2.10. The SMILES string of the molecule is COC(=O)Cn1cc(-c2ccc(C)cc2)nn1. The van der Waals surface area contributed by atoms with Crippen LogP contribution in [0, 0.1) is 6.92 Å². The third-order valence-electron chi connectivity index (χ3n) is 2.40. The maximum absolute atomic E-state index is 11.1. The highest BCUT2D eigenvalue weighted by molar-refractivity contribution is 5.69. The second-order valence-corrected chi connectivity index (χ2v) is 3.74. The minimum atomic E-state index is -0.342. The number of benzene rings is 1. The third kappa shape index (κ3) is 2.69. The van der Waals surface area contributed by atoms with Gasteiger partial charge in [-0.3, -0.25) is 4.79 Å². The van der Waals surface area contributed by atoms with Crippen molar-refractivity contribution in [1.82, 2.24) is 15.0 Å². The topological polar surface area (TPSA) is 57.0 Å². The first-order valence-corrected chi connectivity index (χ1v) is 5.23. The predicted octanol–water partition coefficient (Wildman–Crippen LogP) is 1.43. The molecule has 17 heavy (non-hydrogen) atoms. The van der Waals surface area contributed by atoms with Crippen molar-refractivity contribution < 1.29 is 9.53 Å². The van der Waals surface area contributed by atoms with Gasteiger partial charge < -0.3 is 4.74 Å². The molecule has 0 unspecified atom stereocenters. The molecule has 0 amide bonds. The largest absolute Gasteiger partial charge is 0.468 e. The number of ether oxygens (including phenoxy) is 1. The lowest BCUT2D eigenvalue weighted by Gasteiger charge is -1.97. The standard InChI is InChI=1S/C12H13N3O2/c1-9-3-5-10(6-4-9)11-7-15(14-13-11)8-12(16)17-2/h3-7H,8H2,1-2H3. The van der Waals surface area contributed by atoms with Gasteiger partial charge in [0, 0.05) is 5.56 Å². The van der Waals surface area contributed by atoms with Gasteiger partial charge in [-0.25, -0.2) is 4.68 Å². The molecule has 5 nitrogen and oxygen atoms in total. The molecule has 1 aromatic carbocycles. The molecule has 88 valence electrons. The Kier molecular flexibility index (Phi) is 3.18. The summed E-state index contributed by atoms with van der Waals surface area (Å²) in [5, 5.41) is 7.88. The summed E-state index contributed by atoms with van der Waals surface area (Å²) in [6.07, 6.45) is 1.72. The number of hydrogen-bond donors (Lipinski definition) is 0. The van der Waals surface area contributed by atoms with Crippen LogP contribution in [0.1, 0.15) is 5.56 Å². The molecule has 0 radical (unpaired) electrons. The highest BCUT2D eigenvalue weighted by Gasteiger charge is 2.06. The van der Waals surface area contributed by atoms with E-state index in [9.17, 15) is 4.79 Å². The van der Waals surface area contributed by atoms with Gasteiger partial charge in [-0.05, 0) is 6.92 Å². The number of aryl methyl sites for hydroxylation is 1. The highest BCUT2D eigenvalue weighted by Crippen LogP contribution is 2.16. The lowest BCUT2D eigenvalue weighted by atomic mass is 10.1. The Bertz CT molecular complexity index is 517. The normalized spacial score (nSPS) is 10.2. The lowest BCUT2D eigenvalue weighted by Crippen LogP contribution is -2.11. The van der Waals surface area contributed by atoms with Crippen LogP contribution >= 0.6 is 0 Å². The Hall–Kier alpha value is -2.17. The minimum Gasteiger partial charge on any atom is -0.468 e. The summed E-state index contributed by atoms with van der Waals surface area (Å²) < 4.78 is 6.02. The Morgan fingerprint density at radius 2 is 2.06 bits per heavy atom. The molecular formula is C12H13N3O2. The zero-order chi connectivity index (χ0) is 12.3. The maximum atomic E-state index is 11.1. The van der Waals surface area contributed by atoms with E-state index in [1.54, 1.807) is 6.20 Å². The van der Waals surface area contributed by atoms with Crippen molar-refractivity contribution >= 4 is 5.97 Å². The smallest absolute Gasteiger partial charge is 0.327 e. The number of nitrogens with zero attached hydrogens (tertiary/aromatic N) is 3. The first-order valence-electron chi connectivity index (χ1n) is 5.23. The Balaban J connectivity index is 2.18. The lowest BCUT2D eigenvalue weighted by molar-refractivity contribution is -0.141. The van der Waals surface area contributed by atoms with E-state index in [-0.39, 0.29) is 12.5 Å². The molecule has 1 heterocycles. The van der Waals surface area contributed by atoms with Crippen molar-refractivity contribution in [2.45, 2.75) is 13.5 Å². The molecule has 2 rings (SSSR count). The number of carbonyl (C=O) groups is 1. The van der Waals surface area contributed by atoms with Crippen molar-refractivity contribution in [2.24, 2.45) is 0 Å². The molecule has 0 aliphatic carbocycles. The highest BCUT2D eigenvalue weighted by atomic mass is 16.5. The van der Waals surface area contributed by atoms with E-state index in [1.807, 2.05) is 31.2 Å². The number of methoxy groups -OCH3 is 1. The zero-order valence-corrected chi connectivity index (χ0v) is 9.75. The third-order valence-corrected chi connectivity index (χ3v) is 2.40. The molecule has 2 aromatic rings. The van der Waals surface area contributed by atoms with Gasteiger partial charge in [0.1, 0.15) is 12.2 Å². The molecule has 0 saturated heterocycles. The summed E-state index contributed by atoms with van der Waals surface area (Å²) in [6, 6.07) is 7.97. The molecule has 5 heteroatoms. The fourth-order valence-electron chi connectivity index (χ4n) is 1.43. The Morgan fingerprint density at radius 1 is 1.35 bits per heavy atom. The van der Waals surface area contributed by atoms with Crippen LogP contribution in [-0.2, 0) is 16.1 Å². The summed E-state index contributed by atoms with van der Waals surface area (Å²) in [4.78, 5) is 11.1. The molecule has 0 fully saturated rings. The van der Waals surface area contributed by atoms with E-state index in [0.29, 0.717) is 0 Å². The monoisotopic (exact) mass is 231 g/mol. The van der Waals surface area contributed by atoms with Gasteiger partial charge >= 0.3 is 5.97 Å². The second-order valence-electron chi connectivity index (χ2n) is 3.74. The van der Waals surface area contributed by atoms with Crippen LogP contribution in [0.2, 0.25) is 0 Å². The predicted molar refractivity (Wildman–Crippen MR) is 62.2 cm³/mol. The number of hydrogen-bond acceptors (Lipinski definition) is 4. The molecule has 0 aliphatic heterocycles. The molecule has 1 aromatic heterocycles. The maximum Gasteiger partial charge on any atom is 0.327 e. The van der Waals surface area contributed by atoms with Crippen LogP contribution in [0.25, 0.3) is 11.3 Å². The van der Waals surface area contributed by atoms with Gasteiger partial charge in [-0.15, -0.1) is 5.10 Å². The minimum absolute atomic E-state index is 0.0787. The van der Waals surface area contributed by atoms with Crippen LogP contribution in [0.15, 0.2) is 30.5 Å². The van der Waals surface area contributed by atoms with Gasteiger partial charge in [-0.1, -0.05) is 35.0 Å². The van der Waals surface area contributed by atoms with Crippen LogP contribution < -0.4 is 0 Å². The van der Waals surface area contributed by atoms with Crippen molar-refractivity contribution in [3.05, 3.63) is 36.0 Å². The second kappa shape index (κ2) is 4.78. The van der Waals surface area contributed by atoms with Crippen LogP contribution in [-0.4, -0.2) is 28.1 Å². The number of aromatic nitrogens is 3. The average molecular weight is 231 g/mol. The van der Waals surface area contributed by atoms with Gasteiger partial charge in [0.15, 0.2) is 0 Å². The number of rotatable bonds is 3. The van der Waals surface area contributed by atoms with Gasteiger partial charge in [-0.2, -0.15) is 0 Å².